The first-order chi connectivity index (χ1) is 17.5. The number of halogens is 2. The van der Waals surface area contributed by atoms with Gasteiger partial charge in [0.2, 0.25) is 5.91 Å². The van der Waals surface area contributed by atoms with Gasteiger partial charge in [-0.05, 0) is 49.3 Å². The molecule has 1 saturated heterocycles. The number of carbonyl (C=O) groups excluding carboxylic acids is 2. The summed E-state index contributed by atoms with van der Waals surface area (Å²) in [6, 6.07) is 3.64. The maximum Gasteiger partial charge on any atom is 0.251 e. The highest BCUT2D eigenvalue weighted by molar-refractivity contribution is 7.91. The molecular formula is C26H33F2N3O5S. The Morgan fingerprint density at radius 3 is 2.57 bits per heavy atom. The number of morpholine rings is 1. The number of alkyl halides is 1. The fourth-order valence-corrected chi connectivity index (χ4v) is 5.88. The number of hydrogen-bond acceptors (Lipinski definition) is 6. The van der Waals surface area contributed by atoms with E-state index in [4.69, 9.17) is 4.74 Å². The number of ether oxygens (including phenoxy) is 1. The maximum atomic E-state index is 13.9. The summed E-state index contributed by atoms with van der Waals surface area (Å²) < 4.78 is 58.3. The summed E-state index contributed by atoms with van der Waals surface area (Å²) in [6.07, 6.45) is 6.45. The van der Waals surface area contributed by atoms with Crippen LogP contribution in [0.3, 0.4) is 0 Å². The first-order valence-corrected chi connectivity index (χ1v) is 14.3. The van der Waals surface area contributed by atoms with Gasteiger partial charge < -0.3 is 20.3 Å². The minimum atomic E-state index is -3.72. The maximum absolute atomic E-state index is 13.9. The van der Waals surface area contributed by atoms with Crippen molar-refractivity contribution < 1.29 is 31.5 Å². The Morgan fingerprint density at radius 2 is 1.92 bits per heavy atom. The van der Waals surface area contributed by atoms with Crippen LogP contribution in [0, 0.1) is 11.7 Å². The fourth-order valence-electron chi connectivity index (χ4n) is 4.55. The molecule has 4 atom stereocenters. The summed E-state index contributed by atoms with van der Waals surface area (Å²) in [6.45, 7) is 3.01. The SMILES string of the molecule is CC1(F)C=CC([C@@H]2C[C@H]2NCCS(=O)(=O)C[C@H](NC(=O)c2ccc(F)cc2)C(=O)N2CCOCC2)=CC1. The van der Waals surface area contributed by atoms with Crippen LogP contribution < -0.4 is 10.6 Å². The third kappa shape index (κ3) is 7.68. The van der Waals surface area contributed by atoms with Gasteiger partial charge in [0.25, 0.3) is 5.91 Å². The number of benzene rings is 1. The molecule has 2 fully saturated rings. The zero-order chi connectivity index (χ0) is 26.6. The molecule has 1 unspecified atom stereocenters. The van der Waals surface area contributed by atoms with Gasteiger partial charge in [0, 0.05) is 43.6 Å². The molecule has 0 radical (unpaired) electrons. The van der Waals surface area contributed by atoms with E-state index in [1.54, 1.807) is 12.2 Å². The molecule has 202 valence electrons. The Labute approximate surface area is 216 Å². The van der Waals surface area contributed by atoms with Crippen molar-refractivity contribution in [3.63, 3.8) is 0 Å². The molecule has 1 aromatic rings. The van der Waals surface area contributed by atoms with Crippen LogP contribution >= 0.6 is 0 Å². The molecule has 11 heteroatoms. The van der Waals surface area contributed by atoms with E-state index >= 15 is 0 Å². The first kappa shape index (κ1) is 27.4. The van der Waals surface area contributed by atoms with Crippen LogP contribution in [-0.4, -0.2) is 87.2 Å². The Balaban J connectivity index is 1.33. The van der Waals surface area contributed by atoms with Crippen molar-refractivity contribution in [1.82, 2.24) is 15.5 Å². The standard InChI is InChI=1S/C26H33F2N3O5S/c1-26(28)8-6-18(7-9-26)21-16-22(21)29-10-15-37(34,35)17-23(25(33)31-11-13-36-14-12-31)30-24(32)19-2-4-20(27)5-3-19/h2-8,21-23,29H,9-17H2,1H3,(H,30,32)/t21-,22+,23-,26?/m0/s1. The van der Waals surface area contributed by atoms with Crippen LogP contribution in [0.15, 0.2) is 48.1 Å². The van der Waals surface area contributed by atoms with Gasteiger partial charge in [0.1, 0.15) is 17.5 Å². The van der Waals surface area contributed by atoms with E-state index in [0.717, 1.165) is 24.1 Å². The second-order valence-electron chi connectivity index (χ2n) is 10.0. The highest BCUT2D eigenvalue weighted by Crippen LogP contribution is 2.40. The zero-order valence-corrected chi connectivity index (χ0v) is 21.6. The van der Waals surface area contributed by atoms with Gasteiger partial charge in [-0.3, -0.25) is 9.59 Å². The minimum absolute atomic E-state index is 0.124. The highest BCUT2D eigenvalue weighted by atomic mass is 32.2. The minimum Gasteiger partial charge on any atom is -0.378 e. The molecular weight excluding hydrogens is 504 g/mol. The predicted molar refractivity (Wildman–Crippen MR) is 135 cm³/mol. The van der Waals surface area contributed by atoms with E-state index in [1.165, 1.54) is 24.0 Å². The lowest BCUT2D eigenvalue weighted by atomic mass is 9.93. The molecule has 0 bridgehead atoms. The fraction of sp³-hybridized carbons (Fsp3) is 0.538. The van der Waals surface area contributed by atoms with Gasteiger partial charge in [-0.15, -0.1) is 0 Å². The van der Waals surface area contributed by atoms with E-state index in [-0.39, 0.29) is 29.8 Å². The van der Waals surface area contributed by atoms with Gasteiger partial charge in [0.15, 0.2) is 9.84 Å². The Morgan fingerprint density at radius 1 is 1.22 bits per heavy atom. The van der Waals surface area contributed by atoms with Gasteiger partial charge in [0.05, 0.1) is 24.7 Å². The number of hydrogen-bond donors (Lipinski definition) is 2. The Bertz CT molecular complexity index is 1160. The van der Waals surface area contributed by atoms with Crippen molar-refractivity contribution in [2.24, 2.45) is 5.92 Å². The van der Waals surface area contributed by atoms with E-state index in [9.17, 15) is 26.8 Å². The zero-order valence-electron chi connectivity index (χ0n) is 20.8. The number of sulfone groups is 1. The van der Waals surface area contributed by atoms with Crippen LogP contribution in [0.25, 0.3) is 0 Å². The lowest BCUT2D eigenvalue weighted by molar-refractivity contribution is -0.136. The average Bonchev–Trinajstić information content (AvgIpc) is 3.63. The van der Waals surface area contributed by atoms with Gasteiger partial charge in [-0.1, -0.05) is 12.2 Å². The molecule has 8 nitrogen and oxygen atoms in total. The van der Waals surface area contributed by atoms with Crippen molar-refractivity contribution >= 4 is 21.7 Å². The van der Waals surface area contributed by atoms with E-state index in [0.29, 0.717) is 32.7 Å². The molecule has 0 spiro atoms. The molecule has 4 rings (SSSR count). The number of nitrogens with zero attached hydrogens (tertiary/aromatic N) is 1. The van der Waals surface area contributed by atoms with Crippen LogP contribution in [0.1, 0.15) is 30.1 Å². The van der Waals surface area contributed by atoms with Crippen molar-refractivity contribution in [3.8, 4) is 0 Å². The van der Waals surface area contributed by atoms with Crippen molar-refractivity contribution in [3.05, 3.63) is 59.4 Å². The average molecular weight is 538 g/mol. The second kappa shape index (κ2) is 11.4. The normalized spacial score (nSPS) is 26.4. The number of nitrogens with one attached hydrogen (secondary N) is 2. The summed E-state index contributed by atoms with van der Waals surface area (Å²) in [7, 11) is -3.72. The molecule has 1 aliphatic heterocycles. The summed E-state index contributed by atoms with van der Waals surface area (Å²) in [4.78, 5) is 27.3. The number of carbonyl (C=O) groups is 2. The molecule has 37 heavy (non-hydrogen) atoms. The smallest absolute Gasteiger partial charge is 0.251 e. The predicted octanol–water partition coefficient (Wildman–Crippen LogP) is 1.79. The molecule has 2 N–H and O–H groups in total. The van der Waals surface area contributed by atoms with Crippen LogP contribution in [-0.2, 0) is 19.4 Å². The lowest BCUT2D eigenvalue weighted by Crippen LogP contribution is -2.54. The number of amides is 2. The van der Waals surface area contributed by atoms with Crippen LogP contribution in [0.4, 0.5) is 8.78 Å². The third-order valence-electron chi connectivity index (χ3n) is 6.85. The third-order valence-corrected chi connectivity index (χ3v) is 8.52. The van der Waals surface area contributed by atoms with Gasteiger partial charge in [-0.2, -0.15) is 0 Å². The Kier molecular flexibility index (Phi) is 8.45. The topological polar surface area (TPSA) is 105 Å². The van der Waals surface area contributed by atoms with Crippen LogP contribution in [0.5, 0.6) is 0 Å². The van der Waals surface area contributed by atoms with E-state index < -0.39 is 44.9 Å². The van der Waals surface area contributed by atoms with Gasteiger partial charge in [-0.25, -0.2) is 17.2 Å². The monoisotopic (exact) mass is 537 g/mol. The molecule has 3 aliphatic rings. The molecule has 2 aliphatic carbocycles. The number of allylic oxidation sites excluding steroid dienone is 3. The summed E-state index contributed by atoms with van der Waals surface area (Å²) in [5, 5.41) is 5.77. The lowest BCUT2D eigenvalue weighted by Gasteiger charge is -2.30. The first-order valence-electron chi connectivity index (χ1n) is 12.5. The van der Waals surface area contributed by atoms with Gasteiger partial charge >= 0.3 is 0 Å². The second-order valence-corrected chi connectivity index (χ2v) is 12.2. The summed E-state index contributed by atoms with van der Waals surface area (Å²) >= 11 is 0. The van der Waals surface area contributed by atoms with Crippen molar-refractivity contribution in [2.45, 2.75) is 37.5 Å². The Hall–Kier alpha value is -2.63. The summed E-state index contributed by atoms with van der Waals surface area (Å²) in [5.74, 6) is -2.17. The molecule has 0 aromatic heterocycles. The quantitative estimate of drug-likeness (QED) is 0.472. The van der Waals surface area contributed by atoms with E-state index in [2.05, 4.69) is 10.6 Å². The molecule has 1 aromatic carbocycles. The molecule has 2 amide bonds. The van der Waals surface area contributed by atoms with Crippen molar-refractivity contribution in [1.29, 1.82) is 0 Å². The molecule has 1 heterocycles. The molecule has 1 saturated carbocycles. The number of rotatable bonds is 10. The largest absolute Gasteiger partial charge is 0.378 e. The van der Waals surface area contributed by atoms with Crippen LogP contribution in [0.2, 0.25) is 0 Å². The summed E-state index contributed by atoms with van der Waals surface area (Å²) in [5.41, 5.74) is -0.134. The van der Waals surface area contributed by atoms with E-state index in [1.807, 2.05) is 6.08 Å². The van der Waals surface area contributed by atoms with Crippen molar-refractivity contribution in [2.75, 3.05) is 44.4 Å². The highest BCUT2D eigenvalue weighted by Gasteiger charge is 2.40.